The van der Waals surface area contributed by atoms with Gasteiger partial charge >= 0.3 is 72.0 Å². The normalized spacial score (nSPS) is 10.8. The van der Waals surface area contributed by atoms with Crippen molar-refractivity contribution >= 4 is 30.2 Å². The monoisotopic (exact) mass is 233 g/mol. The van der Waals surface area contributed by atoms with Gasteiger partial charge in [0.15, 0.2) is 0 Å². The zero-order valence-electron chi connectivity index (χ0n) is 5.80. The molecule has 0 aliphatic heterocycles. The van der Waals surface area contributed by atoms with Crippen molar-refractivity contribution in [3.8, 4) is 0 Å². The van der Waals surface area contributed by atoms with Crippen molar-refractivity contribution in [2.45, 2.75) is 0 Å². The molecule has 2 aromatic heterocycles. The van der Waals surface area contributed by atoms with E-state index in [9.17, 15) is 9.18 Å². The molecule has 2 heterocycles. The van der Waals surface area contributed by atoms with Crippen LogP contribution in [0.3, 0.4) is 0 Å². The number of aromatic carboxylic acids is 1. The van der Waals surface area contributed by atoms with Gasteiger partial charge in [0.25, 0.3) is 0 Å². The Labute approximate surface area is 72.6 Å². The van der Waals surface area contributed by atoms with Crippen molar-refractivity contribution in [1.82, 2.24) is 4.98 Å². The van der Waals surface area contributed by atoms with Gasteiger partial charge in [-0.2, -0.15) is 0 Å². The molecule has 3 nitrogen and oxygen atoms in total. The van der Waals surface area contributed by atoms with Crippen LogP contribution in [-0.2, 0) is 0 Å². The number of nitrogens with one attached hydrogen (secondary N) is 1. The molecule has 2 rings (SSSR count). The van der Waals surface area contributed by atoms with Crippen molar-refractivity contribution in [3.63, 3.8) is 0 Å². The number of carboxylic acids is 1. The Bertz CT molecular complexity index is 445. The van der Waals surface area contributed by atoms with Crippen LogP contribution in [0.15, 0.2) is 11.0 Å². The van der Waals surface area contributed by atoms with E-state index in [-0.39, 0.29) is 20.2 Å². The summed E-state index contributed by atoms with van der Waals surface area (Å²) < 4.78 is 13.8. The topological polar surface area (TPSA) is 53.1 Å². The fourth-order valence-electron chi connectivity index (χ4n) is 1.03. The van der Waals surface area contributed by atoms with Crippen LogP contribution < -0.4 is 0 Å². The minimum atomic E-state index is -1.24. The second kappa shape index (κ2) is 2.47. The number of halogens is 1. The molecule has 0 spiro atoms. The molecular weight excluding hydrogens is 228 g/mol. The standard InChI is InChI=1S/C7H4FNO2Se/c8-4-3-1-2-12-6(3)9-5(4)7(10)11/h1-2,9H,(H,10,11). The van der Waals surface area contributed by atoms with E-state index < -0.39 is 11.8 Å². The van der Waals surface area contributed by atoms with Gasteiger partial charge in [-0.15, -0.1) is 0 Å². The Balaban J connectivity index is 2.78. The van der Waals surface area contributed by atoms with Crippen LogP contribution in [0, 0.1) is 5.82 Å². The van der Waals surface area contributed by atoms with Crippen LogP contribution in [0.5, 0.6) is 0 Å². The van der Waals surface area contributed by atoms with Gasteiger partial charge in [-0.05, 0) is 0 Å². The van der Waals surface area contributed by atoms with Crippen LogP contribution in [0.25, 0.3) is 9.78 Å². The number of carbonyl (C=O) groups is 1. The molecular formula is C7H4FNO2Se. The number of hydrogen-bond acceptors (Lipinski definition) is 1. The van der Waals surface area contributed by atoms with Crippen LogP contribution in [0.2, 0.25) is 0 Å². The molecule has 0 atom stereocenters. The van der Waals surface area contributed by atoms with E-state index in [0.29, 0.717) is 9.78 Å². The third kappa shape index (κ3) is 0.906. The van der Waals surface area contributed by atoms with E-state index in [2.05, 4.69) is 4.98 Å². The molecule has 0 unspecified atom stereocenters. The maximum absolute atomic E-state index is 13.1. The van der Waals surface area contributed by atoms with E-state index in [1.165, 1.54) is 0 Å². The van der Waals surface area contributed by atoms with Crippen LogP contribution >= 0.6 is 0 Å². The quantitative estimate of drug-likeness (QED) is 0.722. The summed E-state index contributed by atoms with van der Waals surface area (Å²) in [5.41, 5.74) is -0.328. The molecule has 0 fully saturated rings. The maximum atomic E-state index is 13.1. The predicted octanol–water partition coefficient (Wildman–Crippen LogP) is 1.06. The van der Waals surface area contributed by atoms with Gasteiger partial charge in [0.1, 0.15) is 0 Å². The summed E-state index contributed by atoms with van der Waals surface area (Å²) in [4.78, 5) is 14.8. The molecule has 2 N–H and O–H groups in total. The summed E-state index contributed by atoms with van der Waals surface area (Å²) in [6.07, 6.45) is 0. The third-order valence-electron chi connectivity index (χ3n) is 1.57. The van der Waals surface area contributed by atoms with Gasteiger partial charge in [-0.1, -0.05) is 0 Å². The SMILES string of the molecule is O=C(O)c1[nH]c2[se]ccc2c1F. The minimum absolute atomic E-state index is 0.0594. The molecule has 0 aliphatic rings. The second-order valence-electron chi connectivity index (χ2n) is 2.28. The summed E-state index contributed by atoms with van der Waals surface area (Å²) in [6.45, 7) is 0. The number of aromatic amines is 1. The Morgan fingerprint density at radius 1 is 1.67 bits per heavy atom. The number of fused-ring (bicyclic) bond motifs is 1. The van der Waals surface area contributed by atoms with Crippen molar-refractivity contribution in [3.05, 3.63) is 22.5 Å². The molecule has 0 bridgehead atoms. The molecule has 0 saturated carbocycles. The van der Waals surface area contributed by atoms with E-state index in [0.717, 1.165) is 0 Å². The van der Waals surface area contributed by atoms with E-state index in [1.54, 1.807) is 6.07 Å². The summed E-state index contributed by atoms with van der Waals surface area (Å²) in [5.74, 6) is -1.89. The Hall–Kier alpha value is -1.06. The molecule has 2 aromatic rings. The fraction of sp³-hybridized carbons (Fsp3) is 0. The molecule has 5 heteroatoms. The molecule has 62 valence electrons. The summed E-state index contributed by atoms with van der Waals surface area (Å²) in [5, 5.41) is 8.94. The Kier molecular flexibility index (Phi) is 1.56. The van der Waals surface area contributed by atoms with Gasteiger partial charge < -0.3 is 0 Å². The second-order valence-corrected chi connectivity index (χ2v) is 4.20. The number of rotatable bonds is 1. The summed E-state index contributed by atoms with van der Waals surface area (Å²) >= 11 is 0.0594. The zero-order valence-corrected chi connectivity index (χ0v) is 7.51. The average molecular weight is 232 g/mol. The van der Waals surface area contributed by atoms with Crippen molar-refractivity contribution in [2.75, 3.05) is 0 Å². The zero-order chi connectivity index (χ0) is 8.72. The number of hydrogen-bond donors (Lipinski definition) is 2. The van der Waals surface area contributed by atoms with Crippen molar-refractivity contribution in [2.24, 2.45) is 0 Å². The first-order chi connectivity index (χ1) is 5.70. The third-order valence-corrected chi connectivity index (χ3v) is 3.31. The van der Waals surface area contributed by atoms with Crippen molar-refractivity contribution in [1.29, 1.82) is 0 Å². The summed E-state index contributed by atoms with van der Waals surface area (Å²) in [6, 6.07) is 1.62. The molecule has 0 aliphatic carbocycles. The molecule has 0 aromatic carbocycles. The Morgan fingerprint density at radius 3 is 3.00 bits per heavy atom. The van der Waals surface area contributed by atoms with Gasteiger partial charge in [0.2, 0.25) is 0 Å². The molecule has 0 amide bonds. The van der Waals surface area contributed by atoms with Gasteiger partial charge in [-0.3, -0.25) is 0 Å². The fourth-order valence-corrected chi connectivity index (χ4v) is 2.68. The van der Waals surface area contributed by atoms with Gasteiger partial charge in [0, 0.05) is 0 Å². The molecule has 0 saturated heterocycles. The van der Waals surface area contributed by atoms with E-state index in [1.807, 2.05) is 4.94 Å². The average Bonchev–Trinajstić information content (AvgIpc) is 2.53. The first-order valence-electron chi connectivity index (χ1n) is 3.18. The van der Waals surface area contributed by atoms with E-state index in [4.69, 9.17) is 5.11 Å². The van der Waals surface area contributed by atoms with Gasteiger partial charge in [0.05, 0.1) is 0 Å². The number of carboxylic acid groups (broad SMARTS) is 1. The number of H-pyrrole nitrogens is 1. The first kappa shape index (κ1) is 7.58. The molecule has 12 heavy (non-hydrogen) atoms. The van der Waals surface area contributed by atoms with Crippen LogP contribution in [0.4, 0.5) is 4.39 Å². The van der Waals surface area contributed by atoms with Crippen molar-refractivity contribution < 1.29 is 14.3 Å². The van der Waals surface area contributed by atoms with Gasteiger partial charge in [-0.25, -0.2) is 0 Å². The summed E-state index contributed by atoms with van der Waals surface area (Å²) in [7, 11) is 0. The molecule has 0 radical (unpaired) electrons. The number of aromatic nitrogens is 1. The Morgan fingerprint density at radius 2 is 2.42 bits per heavy atom. The van der Waals surface area contributed by atoms with Crippen LogP contribution in [-0.4, -0.2) is 30.6 Å². The predicted molar refractivity (Wildman–Crippen MR) is 42.2 cm³/mol. The first-order valence-corrected chi connectivity index (χ1v) is 5.02. The van der Waals surface area contributed by atoms with Crippen LogP contribution in [0.1, 0.15) is 10.5 Å². The van der Waals surface area contributed by atoms with E-state index >= 15 is 0 Å².